The second-order valence-corrected chi connectivity index (χ2v) is 7.85. The minimum absolute atomic E-state index is 0.0113. The lowest BCUT2D eigenvalue weighted by Gasteiger charge is -2.18. The summed E-state index contributed by atoms with van der Waals surface area (Å²) in [5, 5.41) is 2.73. The summed E-state index contributed by atoms with van der Waals surface area (Å²) < 4.78 is 5.44. The van der Waals surface area contributed by atoms with Gasteiger partial charge in [-0.25, -0.2) is 9.69 Å². The van der Waals surface area contributed by atoms with Gasteiger partial charge in [0.2, 0.25) is 0 Å². The molecule has 4 rings (SSSR count). The Morgan fingerprint density at radius 1 is 0.939 bits per heavy atom. The standard InChI is InChI=1S/C26H21ClN2O4/c1-3-17-9-5-6-10-20(17)29-24(30)22(27)23(25(29)31)28-19-14-12-18(13-15-19)26(32)33-21-11-7-4-8-16(21)2/h4-15,28H,3H2,1-2H3. The van der Waals surface area contributed by atoms with Gasteiger partial charge < -0.3 is 10.1 Å². The van der Waals surface area contributed by atoms with E-state index in [4.69, 9.17) is 16.3 Å². The number of hydrogen-bond acceptors (Lipinski definition) is 5. The molecule has 1 heterocycles. The number of nitrogens with zero attached hydrogens (tertiary/aromatic N) is 1. The van der Waals surface area contributed by atoms with Crippen molar-refractivity contribution in [2.75, 3.05) is 10.2 Å². The van der Waals surface area contributed by atoms with E-state index in [0.29, 0.717) is 29.1 Å². The van der Waals surface area contributed by atoms with Gasteiger partial charge in [-0.05, 0) is 60.9 Å². The van der Waals surface area contributed by atoms with Crippen molar-refractivity contribution in [3.63, 3.8) is 0 Å². The number of rotatable bonds is 6. The average molecular weight is 461 g/mol. The van der Waals surface area contributed by atoms with Crippen molar-refractivity contribution in [2.45, 2.75) is 20.3 Å². The van der Waals surface area contributed by atoms with Crippen LogP contribution in [-0.4, -0.2) is 17.8 Å². The molecule has 3 aromatic rings. The van der Waals surface area contributed by atoms with E-state index in [-0.39, 0.29) is 10.7 Å². The fourth-order valence-electron chi connectivity index (χ4n) is 3.52. The summed E-state index contributed by atoms with van der Waals surface area (Å²) in [6.07, 6.45) is 0.660. The van der Waals surface area contributed by atoms with Gasteiger partial charge in [0, 0.05) is 5.69 Å². The van der Waals surface area contributed by atoms with E-state index < -0.39 is 17.8 Å². The molecular weight excluding hydrogens is 440 g/mol. The molecule has 0 saturated carbocycles. The Labute approximate surface area is 196 Å². The molecule has 3 aromatic carbocycles. The molecule has 2 amide bonds. The Kier molecular flexibility index (Phi) is 6.29. The Morgan fingerprint density at radius 3 is 2.30 bits per heavy atom. The summed E-state index contributed by atoms with van der Waals surface area (Å²) in [5.74, 6) is -1.12. The molecule has 0 spiro atoms. The quantitative estimate of drug-likeness (QED) is 0.310. The van der Waals surface area contributed by atoms with Crippen LogP contribution in [0.15, 0.2) is 83.5 Å². The number of para-hydroxylation sites is 2. The fourth-order valence-corrected chi connectivity index (χ4v) is 3.73. The molecule has 0 radical (unpaired) electrons. The Bertz CT molecular complexity index is 1280. The number of imide groups is 1. The van der Waals surface area contributed by atoms with Crippen LogP contribution in [0, 0.1) is 6.92 Å². The smallest absolute Gasteiger partial charge is 0.343 e. The highest BCUT2D eigenvalue weighted by molar-refractivity contribution is 6.53. The molecule has 7 heteroatoms. The largest absolute Gasteiger partial charge is 0.423 e. The summed E-state index contributed by atoms with van der Waals surface area (Å²) in [6, 6.07) is 20.8. The number of amides is 2. The van der Waals surface area contributed by atoms with Crippen LogP contribution in [0.3, 0.4) is 0 Å². The van der Waals surface area contributed by atoms with Gasteiger partial charge in [-0.15, -0.1) is 0 Å². The van der Waals surface area contributed by atoms with Crippen LogP contribution in [0.25, 0.3) is 0 Å². The number of hydrogen-bond donors (Lipinski definition) is 1. The van der Waals surface area contributed by atoms with E-state index >= 15 is 0 Å². The molecule has 0 aromatic heterocycles. The summed E-state index contributed by atoms with van der Waals surface area (Å²) in [6.45, 7) is 3.80. The molecule has 166 valence electrons. The zero-order chi connectivity index (χ0) is 23.5. The molecule has 0 saturated heterocycles. The van der Waals surface area contributed by atoms with Crippen molar-refractivity contribution in [3.8, 4) is 5.75 Å². The Morgan fingerprint density at radius 2 is 1.61 bits per heavy atom. The highest BCUT2D eigenvalue weighted by Crippen LogP contribution is 2.32. The van der Waals surface area contributed by atoms with Gasteiger partial charge in [-0.1, -0.05) is 54.9 Å². The maximum atomic E-state index is 13.0. The van der Waals surface area contributed by atoms with Gasteiger partial charge in [0.1, 0.15) is 16.5 Å². The molecule has 0 atom stereocenters. The van der Waals surface area contributed by atoms with E-state index in [2.05, 4.69) is 5.32 Å². The molecule has 1 aliphatic rings. The van der Waals surface area contributed by atoms with Crippen molar-refractivity contribution >= 4 is 40.8 Å². The number of halogens is 1. The topological polar surface area (TPSA) is 75.7 Å². The van der Waals surface area contributed by atoms with Crippen LogP contribution >= 0.6 is 11.6 Å². The third kappa shape index (κ3) is 4.38. The number of ether oxygens (including phenoxy) is 1. The fraction of sp³-hybridized carbons (Fsp3) is 0.115. The van der Waals surface area contributed by atoms with Crippen molar-refractivity contribution in [1.82, 2.24) is 0 Å². The highest BCUT2D eigenvalue weighted by atomic mass is 35.5. The first-order valence-electron chi connectivity index (χ1n) is 10.4. The Hall–Kier alpha value is -3.90. The lowest BCUT2D eigenvalue weighted by atomic mass is 10.1. The van der Waals surface area contributed by atoms with Gasteiger partial charge in [-0.2, -0.15) is 0 Å². The lowest BCUT2D eigenvalue weighted by Crippen LogP contribution is -2.33. The van der Waals surface area contributed by atoms with Gasteiger partial charge in [0.15, 0.2) is 0 Å². The Balaban J connectivity index is 1.51. The highest BCUT2D eigenvalue weighted by Gasteiger charge is 2.39. The SMILES string of the molecule is CCc1ccccc1N1C(=O)C(Cl)=C(Nc2ccc(C(=O)Oc3ccccc3C)cc2)C1=O. The van der Waals surface area contributed by atoms with Crippen LogP contribution in [0.4, 0.5) is 11.4 Å². The van der Waals surface area contributed by atoms with E-state index in [1.807, 2.05) is 38.1 Å². The van der Waals surface area contributed by atoms with Crippen LogP contribution in [0.1, 0.15) is 28.4 Å². The first kappa shape index (κ1) is 22.3. The normalized spacial score (nSPS) is 13.5. The third-order valence-electron chi connectivity index (χ3n) is 5.33. The summed E-state index contributed by atoms with van der Waals surface area (Å²) in [4.78, 5) is 39.3. The predicted octanol–water partition coefficient (Wildman–Crippen LogP) is 5.21. The minimum Gasteiger partial charge on any atom is -0.423 e. The van der Waals surface area contributed by atoms with E-state index in [1.165, 1.54) is 0 Å². The second-order valence-electron chi connectivity index (χ2n) is 7.47. The van der Waals surface area contributed by atoms with Crippen molar-refractivity contribution in [2.24, 2.45) is 0 Å². The minimum atomic E-state index is -0.580. The number of benzene rings is 3. The van der Waals surface area contributed by atoms with E-state index in [0.717, 1.165) is 16.0 Å². The molecular formula is C26H21ClN2O4. The number of anilines is 2. The number of carbonyl (C=O) groups excluding carboxylic acids is 3. The van der Waals surface area contributed by atoms with Crippen molar-refractivity contribution in [1.29, 1.82) is 0 Å². The van der Waals surface area contributed by atoms with Crippen molar-refractivity contribution < 1.29 is 19.1 Å². The van der Waals surface area contributed by atoms with Crippen LogP contribution in [-0.2, 0) is 16.0 Å². The van der Waals surface area contributed by atoms with Crippen molar-refractivity contribution in [3.05, 3.63) is 100 Å². The van der Waals surface area contributed by atoms with Gasteiger partial charge in [0.25, 0.3) is 11.8 Å². The third-order valence-corrected chi connectivity index (χ3v) is 5.68. The first-order valence-corrected chi connectivity index (χ1v) is 10.8. The van der Waals surface area contributed by atoms with E-state index in [9.17, 15) is 14.4 Å². The predicted molar refractivity (Wildman–Crippen MR) is 127 cm³/mol. The van der Waals surface area contributed by atoms with Crippen LogP contribution in [0.5, 0.6) is 5.75 Å². The molecule has 0 bridgehead atoms. The molecule has 0 fully saturated rings. The zero-order valence-electron chi connectivity index (χ0n) is 18.1. The molecule has 1 aliphatic heterocycles. The van der Waals surface area contributed by atoms with E-state index in [1.54, 1.807) is 48.5 Å². The summed E-state index contributed by atoms with van der Waals surface area (Å²) in [7, 11) is 0. The number of carbonyl (C=O) groups is 3. The molecule has 33 heavy (non-hydrogen) atoms. The maximum Gasteiger partial charge on any atom is 0.343 e. The molecule has 0 unspecified atom stereocenters. The van der Waals surface area contributed by atoms with Gasteiger partial charge in [0.05, 0.1) is 11.3 Å². The zero-order valence-corrected chi connectivity index (χ0v) is 18.8. The maximum absolute atomic E-state index is 13.0. The number of nitrogens with one attached hydrogen (secondary N) is 1. The number of aryl methyl sites for hydroxylation is 2. The van der Waals surface area contributed by atoms with Crippen LogP contribution in [0.2, 0.25) is 0 Å². The lowest BCUT2D eigenvalue weighted by molar-refractivity contribution is -0.120. The summed E-state index contributed by atoms with van der Waals surface area (Å²) in [5.41, 5.74) is 3.06. The second kappa shape index (κ2) is 9.30. The number of esters is 1. The molecule has 1 N–H and O–H groups in total. The van der Waals surface area contributed by atoms with Gasteiger partial charge >= 0.3 is 5.97 Å². The molecule has 6 nitrogen and oxygen atoms in total. The molecule has 0 aliphatic carbocycles. The monoisotopic (exact) mass is 460 g/mol. The average Bonchev–Trinajstić information content (AvgIpc) is 3.04. The van der Waals surface area contributed by atoms with Crippen LogP contribution < -0.4 is 15.0 Å². The summed E-state index contributed by atoms with van der Waals surface area (Å²) >= 11 is 6.23. The van der Waals surface area contributed by atoms with Gasteiger partial charge in [-0.3, -0.25) is 9.59 Å². The first-order chi connectivity index (χ1) is 15.9.